The van der Waals surface area contributed by atoms with Crippen LogP contribution in [0.3, 0.4) is 0 Å². The number of nitrogens with zero attached hydrogens (tertiary/aromatic N) is 3. The molecule has 1 aromatic heterocycles. The number of benzene rings is 2. The minimum Gasteiger partial charge on any atom is -0.497 e. The summed E-state index contributed by atoms with van der Waals surface area (Å²) in [7, 11) is 2.95. The van der Waals surface area contributed by atoms with Gasteiger partial charge in [-0.25, -0.2) is 4.79 Å². The zero-order valence-electron chi connectivity index (χ0n) is 18.3. The quantitative estimate of drug-likeness (QED) is 0.361. The smallest absolute Gasteiger partial charge is 0.337 e. The number of unbranched alkanes of at least 4 members (excludes halogenated alkanes) is 1. The van der Waals surface area contributed by atoms with Gasteiger partial charge in [0.1, 0.15) is 5.75 Å². The predicted molar refractivity (Wildman–Crippen MR) is 124 cm³/mol. The molecule has 2 aromatic carbocycles. The molecule has 0 aliphatic carbocycles. The Bertz CT molecular complexity index is 1070. The maximum Gasteiger partial charge on any atom is 0.337 e. The van der Waals surface area contributed by atoms with Gasteiger partial charge in [-0.1, -0.05) is 31.2 Å². The number of carbonyl (C=O) groups is 2. The van der Waals surface area contributed by atoms with Crippen LogP contribution in [0.1, 0.15) is 30.1 Å². The Labute approximate surface area is 191 Å². The Morgan fingerprint density at radius 2 is 1.88 bits per heavy atom. The van der Waals surface area contributed by atoms with Crippen molar-refractivity contribution in [3.8, 4) is 17.1 Å². The Morgan fingerprint density at radius 3 is 2.56 bits per heavy atom. The molecule has 0 spiro atoms. The van der Waals surface area contributed by atoms with Crippen molar-refractivity contribution in [2.45, 2.75) is 31.5 Å². The number of hydrogen-bond donors (Lipinski definition) is 1. The third-order valence-electron chi connectivity index (χ3n) is 4.70. The highest BCUT2D eigenvalue weighted by Crippen LogP contribution is 2.26. The van der Waals surface area contributed by atoms with Crippen LogP contribution in [0.2, 0.25) is 0 Å². The zero-order chi connectivity index (χ0) is 22.9. The molecule has 1 N–H and O–H groups in total. The first-order chi connectivity index (χ1) is 15.5. The van der Waals surface area contributed by atoms with E-state index in [1.807, 2.05) is 28.8 Å². The van der Waals surface area contributed by atoms with Gasteiger partial charge in [0.05, 0.1) is 25.5 Å². The normalized spacial score (nSPS) is 10.6. The fourth-order valence-electron chi connectivity index (χ4n) is 3.04. The molecule has 9 heteroatoms. The molecule has 0 radical (unpaired) electrons. The lowest BCUT2D eigenvalue weighted by atomic mass is 10.2. The first-order valence-electron chi connectivity index (χ1n) is 10.2. The van der Waals surface area contributed by atoms with Gasteiger partial charge < -0.3 is 19.4 Å². The highest BCUT2D eigenvalue weighted by atomic mass is 32.2. The summed E-state index contributed by atoms with van der Waals surface area (Å²) in [5.74, 6) is 1.04. The van der Waals surface area contributed by atoms with Gasteiger partial charge in [0.2, 0.25) is 5.91 Å². The van der Waals surface area contributed by atoms with Crippen LogP contribution in [0.25, 0.3) is 11.4 Å². The van der Waals surface area contributed by atoms with Crippen molar-refractivity contribution < 1.29 is 19.1 Å². The summed E-state index contributed by atoms with van der Waals surface area (Å²) < 4.78 is 12.0. The highest BCUT2D eigenvalue weighted by molar-refractivity contribution is 7.99. The van der Waals surface area contributed by atoms with Crippen LogP contribution >= 0.6 is 11.8 Å². The Morgan fingerprint density at radius 1 is 1.09 bits per heavy atom. The van der Waals surface area contributed by atoms with Crippen LogP contribution < -0.4 is 10.1 Å². The molecule has 32 heavy (non-hydrogen) atoms. The molecule has 0 bridgehead atoms. The highest BCUT2D eigenvalue weighted by Gasteiger charge is 2.16. The molecule has 1 amide bonds. The summed E-state index contributed by atoms with van der Waals surface area (Å²) in [6.07, 6.45) is 2.00. The first kappa shape index (κ1) is 23.3. The van der Waals surface area contributed by atoms with Crippen LogP contribution in [-0.4, -0.2) is 46.6 Å². The van der Waals surface area contributed by atoms with E-state index in [0.29, 0.717) is 16.4 Å². The predicted octanol–water partition coefficient (Wildman–Crippen LogP) is 4.27. The fraction of sp³-hybridized carbons (Fsp3) is 0.304. The van der Waals surface area contributed by atoms with Crippen LogP contribution in [0.4, 0.5) is 5.69 Å². The van der Waals surface area contributed by atoms with Gasteiger partial charge in [0, 0.05) is 17.8 Å². The summed E-state index contributed by atoms with van der Waals surface area (Å²) in [5.41, 5.74) is 1.84. The third-order valence-corrected chi connectivity index (χ3v) is 5.67. The van der Waals surface area contributed by atoms with E-state index in [1.165, 1.54) is 18.9 Å². The Kier molecular flexibility index (Phi) is 8.27. The van der Waals surface area contributed by atoms with Crippen molar-refractivity contribution in [1.29, 1.82) is 0 Å². The number of amides is 1. The van der Waals surface area contributed by atoms with Crippen molar-refractivity contribution in [3.63, 3.8) is 0 Å². The van der Waals surface area contributed by atoms with Gasteiger partial charge in [-0.15, -0.1) is 10.2 Å². The number of hydrogen-bond acceptors (Lipinski definition) is 7. The molecule has 0 atom stereocenters. The lowest BCUT2D eigenvalue weighted by molar-refractivity contribution is -0.113. The lowest BCUT2D eigenvalue weighted by Crippen LogP contribution is -2.15. The molecule has 3 rings (SSSR count). The van der Waals surface area contributed by atoms with E-state index < -0.39 is 5.97 Å². The molecule has 0 fully saturated rings. The second kappa shape index (κ2) is 11.3. The van der Waals surface area contributed by atoms with Gasteiger partial charge in [-0.05, 0) is 48.9 Å². The van der Waals surface area contributed by atoms with E-state index in [2.05, 4.69) is 22.4 Å². The molecule has 0 saturated carbocycles. The average molecular weight is 455 g/mol. The summed E-state index contributed by atoms with van der Waals surface area (Å²) in [5, 5.41) is 12.2. The van der Waals surface area contributed by atoms with Gasteiger partial charge in [-0.3, -0.25) is 4.79 Å². The van der Waals surface area contributed by atoms with E-state index in [-0.39, 0.29) is 11.7 Å². The van der Waals surface area contributed by atoms with Crippen molar-refractivity contribution in [3.05, 3.63) is 54.1 Å². The number of nitrogens with one attached hydrogen (secondary N) is 1. The van der Waals surface area contributed by atoms with Crippen molar-refractivity contribution in [2.24, 2.45) is 0 Å². The van der Waals surface area contributed by atoms with Gasteiger partial charge in [0.15, 0.2) is 11.0 Å². The Hall–Kier alpha value is -3.33. The van der Waals surface area contributed by atoms with E-state index in [9.17, 15) is 9.59 Å². The van der Waals surface area contributed by atoms with E-state index in [1.54, 1.807) is 31.4 Å². The zero-order valence-corrected chi connectivity index (χ0v) is 19.1. The SMILES string of the molecule is CCCCn1c(SCC(=O)Nc2cccc(C(=O)OC)c2)nnc1-c1ccc(OC)cc1. The number of ether oxygens (including phenoxy) is 2. The van der Waals surface area contributed by atoms with Crippen LogP contribution in [0, 0.1) is 0 Å². The van der Waals surface area contributed by atoms with Crippen LogP contribution in [0.5, 0.6) is 5.75 Å². The summed E-state index contributed by atoms with van der Waals surface area (Å²) in [4.78, 5) is 24.2. The van der Waals surface area contributed by atoms with Crippen molar-refractivity contribution >= 4 is 29.3 Å². The van der Waals surface area contributed by atoms with Crippen molar-refractivity contribution in [1.82, 2.24) is 14.8 Å². The molecule has 8 nitrogen and oxygen atoms in total. The van der Waals surface area contributed by atoms with Crippen LogP contribution in [0.15, 0.2) is 53.7 Å². The number of methoxy groups -OCH3 is 2. The van der Waals surface area contributed by atoms with Crippen LogP contribution in [-0.2, 0) is 16.1 Å². The minimum absolute atomic E-state index is 0.162. The largest absolute Gasteiger partial charge is 0.497 e. The maximum atomic E-state index is 12.5. The second-order valence-electron chi connectivity index (χ2n) is 6.95. The number of anilines is 1. The number of rotatable bonds is 10. The van der Waals surface area contributed by atoms with E-state index >= 15 is 0 Å². The molecule has 168 valence electrons. The number of aromatic nitrogens is 3. The molecule has 3 aromatic rings. The molecule has 0 unspecified atom stereocenters. The molecule has 0 aliphatic rings. The molecule has 0 aliphatic heterocycles. The van der Waals surface area contributed by atoms with Gasteiger partial charge in [-0.2, -0.15) is 0 Å². The fourth-order valence-corrected chi connectivity index (χ4v) is 3.80. The summed E-state index contributed by atoms with van der Waals surface area (Å²) in [6, 6.07) is 14.3. The average Bonchev–Trinajstić information content (AvgIpc) is 3.23. The molecule has 0 saturated heterocycles. The van der Waals surface area contributed by atoms with Gasteiger partial charge in [0.25, 0.3) is 0 Å². The number of carbonyl (C=O) groups excluding carboxylic acids is 2. The third kappa shape index (κ3) is 5.88. The molecular weight excluding hydrogens is 428 g/mol. The van der Waals surface area contributed by atoms with Gasteiger partial charge >= 0.3 is 5.97 Å². The minimum atomic E-state index is -0.453. The standard InChI is InChI=1S/C23H26N4O4S/c1-4-5-13-27-21(16-9-11-19(30-2)12-10-16)25-26-23(27)32-15-20(28)24-18-8-6-7-17(14-18)22(29)31-3/h6-12,14H,4-5,13,15H2,1-3H3,(H,24,28). The second-order valence-corrected chi connectivity index (χ2v) is 7.89. The number of esters is 1. The number of thioether (sulfide) groups is 1. The van der Waals surface area contributed by atoms with E-state index in [0.717, 1.165) is 36.5 Å². The molecule has 1 heterocycles. The molecular formula is C23H26N4O4S. The summed E-state index contributed by atoms with van der Waals surface area (Å²) in [6.45, 7) is 2.89. The Balaban J connectivity index is 1.70. The van der Waals surface area contributed by atoms with E-state index in [4.69, 9.17) is 9.47 Å². The summed E-state index contributed by atoms with van der Waals surface area (Å²) >= 11 is 1.32. The lowest BCUT2D eigenvalue weighted by Gasteiger charge is -2.10. The van der Waals surface area contributed by atoms with Crippen molar-refractivity contribution in [2.75, 3.05) is 25.3 Å². The monoisotopic (exact) mass is 454 g/mol. The first-order valence-corrected chi connectivity index (χ1v) is 11.2. The maximum absolute atomic E-state index is 12.5. The topological polar surface area (TPSA) is 95.3 Å².